The van der Waals surface area contributed by atoms with Gasteiger partial charge < -0.3 is 21.1 Å². The van der Waals surface area contributed by atoms with Gasteiger partial charge in [-0.05, 0) is 44.7 Å². The minimum absolute atomic E-state index is 0.00780. The van der Waals surface area contributed by atoms with Gasteiger partial charge in [0, 0.05) is 32.2 Å². The lowest BCUT2D eigenvalue weighted by molar-refractivity contribution is 0.127. The van der Waals surface area contributed by atoms with Gasteiger partial charge in [0.2, 0.25) is 5.88 Å². The summed E-state index contributed by atoms with van der Waals surface area (Å²) in [7, 11) is 1.89. The first kappa shape index (κ1) is 26.4. The predicted molar refractivity (Wildman–Crippen MR) is 142 cm³/mol. The molecule has 2 atom stereocenters. The van der Waals surface area contributed by atoms with Crippen LogP contribution in [-0.2, 0) is 17.8 Å². The summed E-state index contributed by atoms with van der Waals surface area (Å²) in [5, 5.41) is 9.00. The average molecular weight is 507 g/mol. The Balaban J connectivity index is 1.64. The average Bonchev–Trinajstić information content (AvgIpc) is 3.17. The number of likely N-dealkylation sites (N-methyl/N-ethyl adjacent to an activating group) is 1. The highest BCUT2D eigenvalue weighted by Crippen LogP contribution is 2.31. The molecule has 3 aliphatic rings. The zero-order valence-electron chi connectivity index (χ0n) is 21.7. The van der Waals surface area contributed by atoms with Crippen LogP contribution in [0.1, 0.15) is 25.0 Å². The van der Waals surface area contributed by atoms with E-state index in [2.05, 4.69) is 46.8 Å². The lowest BCUT2D eigenvalue weighted by atomic mass is 9.93. The van der Waals surface area contributed by atoms with Gasteiger partial charge in [0.1, 0.15) is 23.2 Å². The fourth-order valence-corrected chi connectivity index (χ4v) is 4.80. The Morgan fingerprint density at radius 2 is 1.89 bits per heavy atom. The molecule has 0 amide bonds. The van der Waals surface area contributed by atoms with E-state index in [1.807, 2.05) is 30.7 Å². The van der Waals surface area contributed by atoms with Gasteiger partial charge in [-0.15, -0.1) is 0 Å². The Kier molecular flexibility index (Phi) is 7.95. The van der Waals surface area contributed by atoms with Crippen LogP contribution in [0.4, 0.5) is 4.39 Å². The number of hydrogen-bond donors (Lipinski definition) is 2. The molecule has 1 aromatic carbocycles. The molecule has 0 aromatic heterocycles. The van der Waals surface area contributed by atoms with Crippen molar-refractivity contribution >= 4 is 11.7 Å². The van der Waals surface area contributed by atoms with Gasteiger partial charge in [0.15, 0.2) is 5.84 Å². The second-order valence-electron chi connectivity index (χ2n) is 9.75. The largest absolute Gasteiger partial charge is 0.478 e. The van der Waals surface area contributed by atoms with Gasteiger partial charge in [0.05, 0.1) is 31.1 Å². The summed E-state index contributed by atoms with van der Waals surface area (Å²) in [6.45, 7) is 11.3. The van der Waals surface area contributed by atoms with Crippen LogP contribution in [0.25, 0.3) is 0 Å². The minimum Gasteiger partial charge on any atom is -0.478 e. The summed E-state index contributed by atoms with van der Waals surface area (Å²) in [4.78, 5) is 15.5. The van der Waals surface area contributed by atoms with Crippen LogP contribution < -0.4 is 11.5 Å². The number of rotatable bonds is 8. The molecule has 0 spiro atoms. The smallest absolute Gasteiger partial charge is 0.207 e. The highest BCUT2D eigenvalue weighted by Gasteiger charge is 2.39. The number of likely N-dealkylation sites (tertiary alicyclic amines) is 1. The predicted octanol–water partition coefficient (Wildman–Crippen LogP) is 2.65. The van der Waals surface area contributed by atoms with Gasteiger partial charge in [-0.2, -0.15) is 10.3 Å². The van der Waals surface area contributed by atoms with E-state index >= 15 is 0 Å². The maximum atomic E-state index is 14.6. The van der Waals surface area contributed by atoms with Crippen molar-refractivity contribution in [1.82, 2.24) is 14.7 Å². The number of benzene rings is 1. The SMILES string of the molecule is C=C(/N=C1\C(=C(N)N)N=C(C2C=C(F)CN(C)C2C)N1Cc1ccc(CN2CC(C#N)C2)cc1)OCC. The Bertz CT molecular complexity index is 1190. The van der Waals surface area contributed by atoms with E-state index in [1.54, 1.807) is 6.08 Å². The standard InChI is InChI=1S/C27H35FN8O/c1-5-37-18(3)32-27-24(25(30)31)33-26(23-10-22(28)16-34(4)17(23)2)36(27)15-20-8-6-19(7-9-20)12-35-13-21(11-29)14-35/h6-10,17,21,23H,3,5,12-16,30-31H2,1-2,4H3/b32-27+. The summed E-state index contributed by atoms with van der Waals surface area (Å²) in [6.07, 6.45) is 1.62. The first-order valence-corrected chi connectivity index (χ1v) is 12.5. The molecule has 3 aliphatic heterocycles. The Hall–Kier alpha value is -3.68. The van der Waals surface area contributed by atoms with E-state index in [-0.39, 0.29) is 42.0 Å². The highest BCUT2D eigenvalue weighted by atomic mass is 19.1. The molecule has 0 saturated carbocycles. The molecule has 3 heterocycles. The van der Waals surface area contributed by atoms with Crippen molar-refractivity contribution in [3.8, 4) is 6.07 Å². The van der Waals surface area contributed by atoms with Crippen LogP contribution in [0.2, 0.25) is 0 Å². The lowest BCUT2D eigenvalue weighted by Crippen LogP contribution is -2.47. The van der Waals surface area contributed by atoms with E-state index < -0.39 is 0 Å². The number of ether oxygens (including phenoxy) is 1. The van der Waals surface area contributed by atoms with E-state index in [9.17, 15) is 4.39 Å². The molecule has 1 saturated heterocycles. The minimum atomic E-state index is -0.333. The molecule has 1 fully saturated rings. The molecule has 1 aromatic rings. The van der Waals surface area contributed by atoms with E-state index in [0.29, 0.717) is 30.5 Å². The fourth-order valence-electron chi connectivity index (χ4n) is 4.80. The summed E-state index contributed by atoms with van der Waals surface area (Å²) < 4.78 is 20.0. The summed E-state index contributed by atoms with van der Waals surface area (Å²) in [6, 6.07) is 10.6. The maximum Gasteiger partial charge on any atom is 0.207 e. The Morgan fingerprint density at radius 3 is 2.49 bits per heavy atom. The number of hydrogen-bond acceptors (Lipinski definition) is 8. The van der Waals surface area contributed by atoms with Crippen LogP contribution in [0.3, 0.4) is 0 Å². The molecule has 4 rings (SSSR count). The topological polar surface area (TPSA) is 119 Å². The Labute approximate surface area is 217 Å². The third-order valence-corrected chi connectivity index (χ3v) is 6.97. The molecule has 196 valence electrons. The van der Waals surface area contributed by atoms with Gasteiger partial charge in [0.25, 0.3) is 0 Å². The molecule has 2 unspecified atom stereocenters. The van der Waals surface area contributed by atoms with Crippen molar-refractivity contribution in [3.05, 3.63) is 71.3 Å². The van der Waals surface area contributed by atoms with E-state index in [4.69, 9.17) is 26.5 Å². The van der Waals surface area contributed by atoms with Crippen LogP contribution in [0.5, 0.6) is 0 Å². The number of nitrogens with two attached hydrogens (primary N) is 2. The summed E-state index contributed by atoms with van der Waals surface area (Å²) in [5.41, 5.74) is 14.6. The van der Waals surface area contributed by atoms with Crippen molar-refractivity contribution in [2.75, 3.05) is 33.3 Å². The number of nitriles is 1. The second-order valence-corrected chi connectivity index (χ2v) is 9.75. The maximum absolute atomic E-state index is 14.6. The van der Waals surface area contributed by atoms with Gasteiger partial charge in [-0.25, -0.2) is 9.38 Å². The van der Waals surface area contributed by atoms with Crippen molar-refractivity contribution < 1.29 is 9.13 Å². The first-order chi connectivity index (χ1) is 17.7. The quantitative estimate of drug-likeness (QED) is 0.520. The molecule has 0 aliphatic carbocycles. The third kappa shape index (κ3) is 5.84. The van der Waals surface area contributed by atoms with E-state index in [0.717, 1.165) is 25.2 Å². The van der Waals surface area contributed by atoms with Crippen LogP contribution >= 0.6 is 0 Å². The summed E-state index contributed by atoms with van der Waals surface area (Å²) in [5.74, 6) is 0.868. The summed E-state index contributed by atoms with van der Waals surface area (Å²) >= 11 is 0. The Morgan fingerprint density at radius 1 is 1.24 bits per heavy atom. The van der Waals surface area contributed by atoms with Crippen LogP contribution in [0.15, 0.2) is 70.1 Å². The second kappa shape index (κ2) is 11.2. The van der Waals surface area contributed by atoms with Crippen LogP contribution in [0, 0.1) is 23.2 Å². The molecule has 0 radical (unpaired) electrons. The number of halogens is 1. The molecule has 0 bridgehead atoms. The fraction of sp³-hybridized carbons (Fsp3) is 0.444. The van der Waals surface area contributed by atoms with Gasteiger partial charge in [-0.3, -0.25) is 9.80 Å². The van der Waals surface area contributed by atoms with Gasteiger partial charge in [-0.1, -0.05) is 24.3 Å². The molecule has 9 nitrogen and oxygen atoms in total. The monoisotopic (exact) mass is 506 g/mol. The molecule has 4 N–H and O–H groups in total. The van der Waals surface area contributed by atoms with Crippen molar-refractivity contribution in [3.63, 3.8) is 0 Å². The molecule has 37 heavy (non-hydrogen) atoms. The first-order valence-electron chi connectivity index (χ1n) is 12.5. The zero-order chi connectivity index (χ0) is 26.7. The lowest BCUT2D eigenvalue weighted by Gasteiger charge is -2.36. The highest BCUT2D eigenvalue weighted by molar-refractivity contribution is 6.16. The molecular formula is C27H35FN8O. The molecule has 10 heteroatoms. The van der Waals surface area contributed by atoms with Crippen molar-refractivity contribution in [2.24, 2.45) is 33.3 Å². The number of aliphatic imine (C=N–C) groups is 2. The van der Waals surface area contributed by atoms with Crippen molar-refractivity contribution in [2.45, 2.75) is 33.0 Å². The zero-order valence-corrected chi connectivity index (χ0v) is 21.7. The van der Waals surface area contributed by atoms with Crippen molar-refractivity contribution in [1.29, 1.82) is 5.26 Å². The third-order valence-electron chi connectivity index (χ3n) is 6.97. The number of amidine groups is 2. The number of nitrogens with zero attached hydrogens (tertiary/aromatic N) is 6. The van der Waals surface area contributed by atoms with Crippen LogP contribution in [-0.4, -0.2) is 65.7 Å². The van der Waals surface area contributed by atoms with Gasteiger partial charge >= 0.3 is 0 Å². The molecular weight excluding hydrogens is 471 g/mol. The normalized spacial score (nSPS) is 23.9. The van der Waals surface area contributed by atoms with E-state index in [1.165, 1.54) is 5.56 Å².